The predicted molar refractivity (Wildman–Crippen MR) is 71.8 cm³/mol. The molecule has 0 unspecified atom stereocenters. The number of carboxylic acids is 1. The van der Waals surface area contributed by atoms with Gasteiger partial charge in [-0.3, -0.25) is 9.69 Å². The van der Waals surface area contributed by atoms with Crippen LogP contribution in [0.4, 0.5) is 0 Å². The Bertz CT molecular complexity index is 527. The lowest BCUT2D eigenvalue weighted by Gasteiger charge is -2.19. The minimum atomic E-state index is -3.42. The number of nitrogens with zero attached hydrogens (tertiary/aromatic N) is 2. The molecule has 1 saturated heterocycles. The molecule has 2 rings (SSSR count). The van der Waals surface area contributed by atoms with Crippen molar-refractivity contribution in [3.05, 3.63) is 17.5 Å². The maximum atomic E-state index is 12.3. The minimum absolute atomic E-state index is 0.0348. The summed E-state index contributed by atoms with van der Waals surface area (Å²) < 4.78 is 26.5. The molecule has 1 aliphatic rings. The van der Waals surface area contributed by atoms with Gasteiger partial charge in [-0.25, -0.2) is 8.42 Å². The van der Waals surface area contributed by atoms with Crippen molar-refractivity contribution >= 4 is 27.3 Å². The third-order valence-electron chi connectivity index (χ3n) is 3.00. The lowest BCUT2D eigenvalue weighted by molar-refractivity contribution is -0.138. The summed E-state index contributed by atoms with van der Waals surface area (Å²) in [5.41, 5.74) is 0. The van der Waals surface area contributed by atoms with Crippen molar-refractivity contribution < 1.29 is 18.3 Å². The Hall–Kier alpha value is -0.960. The van der Waals surface area contributed by atoms with E-state index in [-0.39, 0.29) is 6.54 Å². The Morgan fingerprint density at radius 1 is 1.32 bits per heavy atom. The van der Waals surface area contributed by atoms with Gasteiger partial charge in [-0.2, -0.15) is 4.31 Å². The maximum Gasteiger partial charge on any atom is 0.317 e. The molecule has 1 aromatic rings. The van der Waals surface area contributed by atoms with Crippen LogP contribution in [0.5, 0.6) is 0 Å². The minimum Gasteiger partial charge on any atom is -0.480 e. The van der Waals surface area contributed by atoms with Crippen LogP contribution in [0.15, 0.2) is 21.7 Å². The summed E-state index contributed by atoms with van der Waals surface area (Å²) >= 11 is 1.20. The van der Waals surface area contributed by atoms with Crippen LogP contribution in [0.3, 0.4) is 0 Å². The van der Waals surface area contributed by atoms with E-state index in [4.69, 9.17) is 5.11 Å². The van der Waals surface area contributed by atoms with Crippen molar-refractivity contribution in [1.29, 1.82) is 0 Å². The summed E-state index contributed by atoms with van der Waals surface area (Å²) in [5.74, 6) is -0.880. The van der Waals surface area contributed by atoms with E-state index in [2.05, 4.69) is 0 Å². The van der Waals surface area contributed by atoms with Crippen molar-refractivity contribution in [3.63, 3.8) is 0 Å². The highest BCUT2D eigenvalue weighted by atomic mass is 32.2. The first kappa shape index (κ1) is 14.4. The molecule has 0 radical (unpaired) electrons. The molecule has 0 aliphatic carbocycles. The highest BCUT2D eigenvalue weighted by Gasteiger charge is 2.27. The first-order valence-electron chi connectivity index (χ1n) is 5.98. The zero-order valence-electron chi connectivity index (χ0n) is 10.4. The Morgan fingerprint density at radius 2 is 2.11 bits per heavy atom. The summed E-state index contributed by atoms with van der Waals surface area (Å²) in [4.78, 5) is 12.4. The molecule has 1 aromatic heterocycles. The normalized spacial score (nSPS) is 19.2. The second-order valence-corrected chi connectivity index (χ2v) is 7.47. The number of carboxylic acid groups (broad SMARTS) is 1. The fourth-order valence-electron chi connectivity index (χ4n) is 2.07. The topological polar surface area (TPSA) is 77.9 Å². The van der Waals surface area contributed by atoms with E-state index in [1.54, 1.807) is 22.4 Å². The number of sulfonamides is 1. The third kappa shape index (κ3) is 3.53. The van der Waals surface area contributed by atoms with Crippen molar-refractivity contribution in [2.24, 2.45) is 0 Å². The molecule has 2 heterocycles. The van der Waals surface area contributed by atoms with Crippen LogP contribution in [-0.4, -0.2) is 61.4 Å². The average Bonchev–Trinajstić information content (AvgIpc) is 2.77. The van der Waals surface area contributed by atoms with Crippen LogP contribution in [0.2, 0.25) is 0 Å². The quantitative estimate of drug-likeness (QED) is 0.878. The summed E-state index contributed by atoms with van der Waals surface area (Å²) in [6, 6.07) is 3.31. The van der Waals surface area contributed by atoms with Crippen LogP contribution in [0, 0.1) is 0 Å². The van der Waals surface area contributed by atoms with E-state index in [0.717, 1.165) is 0 Å². The molecule has 106 valence electrons. The van der Waals surface area contributed by atoms with Gasteiger partial charge in [-0.15, -0.1) is 11.3 Å². The number of thiophene rings is 1. The molecule has 1 N–H and O–H groups in total. The van der Waals surface area contributed by atoms with Gasteiger partial charge in [0.2, 0.25) is 0 Å². The number of rotatable bonds is 4. The van der Waals surface area contributed by atoms with Gasteiger partial charge in [0.1, 0.15) is 4.21 Å². The van der Waals surface area contributed by atoms with Gasteiger partial charge >= 0.3 is 5.97 Å². The van der Waals surface area contributed by atoms with Crippen molar-refractivity contribution in [2.75, 3.05) is 32.7 Å². The van der Waals surface area contributed by atoms with E-state index in [1.807, 2.05) is 0 Å². The molecule has 0 saturated carbocycles. The molecule has 1 fully saturated rings. The molecule has 1 aliphatic heterocycles. The summed E-state index contributed by atoms with van der Waals surface area (Å²) in [6.07, 6.45) is 0.651. The highest BCUT2D eigenvalue weighted by Crippen LogP contribution is 2.21. The third-order valence-corrected chi connectivity index (χ3v) is 6.27. The van der Waals surface area contributed by atoms with Gasteiger partial charge in [0.25, 0.3) is 10.0 Å². The monoisotopic (exact) mass is 304 g/mol. The first-order chi connectivity index (χ1) is 9.00. The van der Waals surface area contributed by atoms with Crippen molar-refractivity contribution in [2.45, 2.75) is 10.6 Å². The van der Waals surface area contributed by atoms with E-state index in [9.17, 15) is 13.2 Å². The number of hydrogen-bond acceptors (Lipinski definition) is 5. The fourth-order valence-corrected chi connectivity index (χ4v) is 4.69. The molecule has 8 heteroatoms. The second-order valence-electron chi connectivity index (χ2n) is 4.36. The van der Waals surface area contributed by atoms with E-state index >= 15 is 0 Å². The largest absolute Gasteiger partial charge is 0.480 e. The molecule has 6 nitrogen and oxygen atoms in total. The molecular weight excluding hydrogens is 288 g/mol. The average molecular weight is 304 g/mol. The number of hydrogen-bond donors (Lipinski definition) is 1. The van der Waals surface area contributed by atoms with Gasteiger partial charge in [0.05, 0.1) is 6.54 Å². The van der Waals surface area contributed by atoms with E-state index in [0.29, 0.717) is 36.8 Å². The smallest absolute Gasteiger partial charge is 0.317 e. The Labute approximate surface area is 116 Å². The van der Waals surface area contributed by atoms with Crippen LogP contribution in [0.1, 0.15) is 6.42 Å². The van der Waals surface area contributed by atoms with Gasteiger partial charge in [-0.05, 0) is 17.9 Å². The van der Waals surface area contributed by atoms with Crippen molar-refractivity contribution in [1.82, 2.24) is 9.21 Å². The molecule has 0 atom stereocenters. The predicted octanol–water partition coefficient (Wildman–Crippen LogP) is 0.529. The SMILES string of the molecule is O=C(O)CN1CCCN(S(=O)(=O)c2cccs2)CC1. The molecule has 0 amide bonds. The number of carbonyl (C=O) groups is 1. The second kappa shape index (κ2) is 6.00. The molecule has 0 spiro atoms. The van der Waals surface area contributed by atoms with E-state index < -0.39 is 16.0 Å². The van der Waals surface area contributed by atoms with Crippen LogP contribution in [-0.2, 0) is 14.8 Å². The van der Waals surface area contributed by atoms with Gasteiger partial charge in [0.15, 0.2) is 0 Å². The number of aliphatic carboxylic acids is 1. The zero-order valence-corrected chi connectivity index (χ0v) is 12.0. The van der Waals surface area contributed by atoms with Crippen LogP contribution >= 0.6 is 11.3 Å². The van der Waals surface area contributed by atoms with Gasteiger partial charge in [0, 0.05) is 26.2 Å². The summed E-state index contributed by atoms with van der Waals surface area (Å²) in [7, 11) is -3.42. The highest BCUT2D eigenvalue weighted by molar-refractivity contribution is 7.91. The van der Waals surface area contributed by atoms with Gasteiger partial charge in [-0.1, -0.05) is 6.07 Å². The lowest BCUT2D eigenvalue weighted by atomic mass is 10.4. The Morgan fingerprint density at radius 3 is 2.74 bits per heavy atom. The lowest BCUT2D eigenvalue weighted by Crippen LogP contribution is -2.36. The molecule has 0 bridgehead atoms. The molecule has 19 heavy (non-hydrogen) atoms. The standard InChI is InChI=1S/C11H16N2O4S2/c14-10(15)9-12-4-2-5-13(7-6-12)19(16,17)11-3-1-8-18-11/h1,3,8H,2,4-7,9H2,(H,14,15). The fraction of sp³-hybridized carbons (Fsp3) is 0.545. The van der Waals surface area contributed by atoms with Crippen LogP contribution < -0.4 is 0 Å². The maximum absolute atomic E-state index is 12.3. The molecule has 0 aromatic carbocycles. The Balaban J connectivity index is 2.05. The zero-order chi connectivity index (χ0) is 13.9. The first-order valence-corrected chi connectivity index (χ1v) is 8.30. The summed E-state index contributed by atoms with van der Waals surface area (Å²) in [5, 5.41) is 10.5. The van der Waals surface area contributed by atoms with Crippen LogP contribution in [0.25, 0.3) is 0 Å². The van der Waals surface area contributed by atoms with Crippen molar-refractivity contribution in [3.8, 4) is 0 Å². The van der Waals surface area contributed by atoms with Gasteiger partial charge < -0.3 is 5.11 Å². The molecular formula is C11H16N2O4S2. The van der Waals surface area contributed by atoms with E-state index in [1.165, 1.54) is 15.6 Å². The Kier molecular flexibility index (Phi) is 4.56. The summed E-state index contributed by atoms with van der Waals surface area (Å²) in [6.45, 7) is 1.82.